The van der Waals surface area contributed by atoms with Crippen molar-refractivity contribution < 1.29 is 0 Å². The van der Waals surface area contributed by atoms with Crippen LogP contribution in [-0.2, 0) is 0 Å². The van der Waals surface area contributed by atoms with Gasteiger partial charge in [-0.3, -0.25) is 0 Å². The first-order valence-electron chi connectivity index (χ1n) is 17.5. The summed E-state index contributed by atoms with van der Waals surface area (Å²) in [5.41, 5.74) is 13.2. The molecule has 0 bridgehead atoms. The summed E-state index contributed by atoms with van der Waals surface area (Å²) in [6.07, 6.45) is 0. The smallest absolute Gasteiger partial charge is 0.0548 e. The van der Waals surface area contributed by atoms with Gasteiger partial charge < -0.3 is 13.7 Å². The van der Waals surface area contributed by atoms with E-state index in [0.29, 0.717) is 0 Å². The number of aromatic nitrogens is 3. The standard InChI is InChI=1S/C48H31N3/c1-3-13-32(14-4-1)33-23-25-35(26-24-33)49-41-20-10-7-17-37(41)40-31-36(27-28-44(40)49)51-43-22-12-9-19-39(43)48-46(51)30-29-45-47(48)38-18-8-11-21-42(38)50(45)34-15-5-2-6-16-34/h1-31H. The zero-order valence-electron chi connectivity index (χ0n) is 27.7. The van der Waals surface area contributed by atoms with Crippen LogP contribution in [0.1, 0.15) is 0 Å². The van der Waals surface area contributed by atoms with E-state index >= 15 is 0 Å². The van der Waals surface area contributed by atoms with Crippen molar-refractivity contribution >= 4 is 65.4 Å². The number of nitrogens with zero attached hydrogens (tertiary/aromatic N) is 3. The Bertz CT molecular complexity index is 3110. The summed E-state index contributed by atoms with van der Waals surface area (Å²) in [7, 11) is 0. The second-order valence-electron chi connectivity index (χ2n) is 13.4. The van der Waals surface area contributed by atoms with Gasteiger partial charge in [-0.25, -0.2) is 0 Å². The van der Waals surface area contributed by atoms with E-state index in [9.17, 15) is 0 Å². The van der Waals surface area contributed by atoms with E-state index < -0.39 is 0 Å². The van der Waals surface area contributed by atoms with Crippen LogP contribution in [0.2, 0.25) is 0 Å². The predicted molar refractivity (Wildman–Crippen MR) is 215 cm³/mol. The fourth-order valence-electron chi connectivity index (χ4n) is 8.46. The Morgan fingerprint density at radius 1 is 0.235 bits per heavy atom. The summed E-state index contributed by atoms with van der Waals surface area (Å²) < 4.78 is 7.26. The zero-order chi connectivity index (χ0) is 33.5. The number of para-hydroxylation sites is 4. The van der Waals surface area contributed by atoms with E-state index in [1.165, 1.54) is 82.2 Å². The average Bonchev–Trinajstić information content (AvgIpc) is 3.84. The van der Waals surface area contributed by atoms with Gasteiger partial charge in [0.05, 0.1) is 33.1 Å². The van der Waals surface area contributed by atoms with Crippen LogP contribution >= 0.6 is 0 Å². The Morgan fingerprint density at radius 2 is 0.627 bits per heavy atom. The minimum Gasteiger partial charge on any atom is -0.309 e. The van der Waals surface area contributed by atoms with Crippen molar-refractivity contribution in [2.75, 3.05) is 0 Å². The Hall–Kier alpha value is -6.84. The molecule has 0 N–H and O–H groups in total. The van der Waals surface area contributed by atoms with Crippen molar-refractivity contribution in [2.45, 2.75) is 0 Å². The van der Waals surface area contributed by atoms with Crippen molar-refractivity contribution in [1.82, 2.24) is 13.7 Å². The van der Waals surface area contributed by atoms with Gasteiger partial charge in [-0.05, 0) is 83.9 Å². The molecule has 0 aliphatic carbocycles. The van der Waals surface area contributed by atoms with Gasteiger partial charge in [0.2, 0.25) is 0 Å². The molecule has 3 aromatic heterocycles. The van der Waals surface area contributed by atoms with Crippen LogP contribution in [0.25, 0.3) is 93.6 Å². The number of fused-ring (bicyclic) bond motifs is 10. The Labute approximate surface area is 294 Å². The Morgan fingerprint density at radius 3 is 1.25 bits per heavy atom. The van der Waals surface area contributed by atoms with E-state index in [2.05, 4.69) is 202 Å². The fourth-order valence-corrected chi connectivity index (χ4v) is 8.46. The summed E-state index contributed by atoms with van der Waals surface area (Å²) >= 11 is 0. The number of benzene rings is 8. The highest BCUT2D eigenvalue weighted by Gasteiger charge is 2.21. The quantitative estimate of drug-likeness (QED) is 0.180. The average molecular weight is 650 g/mol. The topological polar surface area (TPSA) is 14.8 Å². The van der Waals surface area contributed by atoms with Gasteiger partial charge in [0.1, 0.15) is 0 Å². The monoisotopic (exact) mass is 649 g/mol. The van der Waals surface area contributed by atoms with Crippen LogP contribution in [0, 0.1) is 0 Å². The molecule has 0 saturated heterocycles. The van der Waals surface area contributed by atoms with Gasteiger partial charge in [-0.2, -0.15) is 0 Å². The van der Waals surface area contributed by atoms with E-state index in [1.807, 2.05) is 0 Å². The fraction of sp³-hybridized carbons (Fsp3) is 0. The molecule has 8 aromatic carbocycles. The van der Waals surface area contributed by atoms with Crippen molar-refractivity contribution in [3.8, 4) is 28.2 Å². The first-order chi connectivity index (χ1) is 25.3. The largest absolute Gasteiger partial charge is 0.309 e. The van der Waals surface area contributed by atoms with Crippen molar-refractivity contribution in [1.29, 1.82) is 0 Å². The number of hydrogen-bond acceptors (Lipinski definition) is 0. The van der Waals surface area contributed by atoms with E-state index in [0.717, 1.165) is 11.4 Å². The molecule has 0 aliphatic rings. The molecule has 3 heterocycles. The molecule has 0 atom stereocenters. The zero-order valence-corrected chi connectivity index (χ0v) is 27.7. The summed E-state index contributed by atoms with van der Waals surface area (Å²) in [4.78, 5) is 0. The molecular weight excluding hydrogens is 619 g/mol. The van der Waals surface area contributed by atoms with E-state index in [1.54, 1.807) is 0 Å². The molecule has 51 heavy (non-hydrogen) atoms. The maximum atomic E-state index is 2.46. The number of hydrogen-bond donors (Lipinski definition) is 0. The van der Waals surface area contributed by atoms with Crippen LogP contribution in [0.15, 0.2) is 188 Å². The molecule has 3 heteroatoms. The maximum Gasteiger partial charge on any atom is 0.0548 e. The lowest BCUT2D eigenvalue weighted by molar-refractivity contribution is 1.16. The van der Waals surface area contributed by atoms with Crippen LogP contribution in [0.5, 0.6) is 0 Å². The third-order valence-corrected chi connectivity index (χ3v) is 10.6. The van der Waals surface area contributed by atoms with Crippen molar-refractivity contribution in [3.05, 3.63) is 188 Å². The molecule has 238 valence electrons. The highest BCUT2D eigenvalue weighted by molar-refractivity contribution is 6.29. The lowest BCUT2D eigenvalue weighted by Gasteiger charge is -2.11. The normalized spacial score (nSPS) is 11.9. The van der Waals surface area contributed by atoms with Gasteiger partial charge in [0.25, 0.3) is 0 Å². The first-order valence-corrected chi connectivity index (χ1v) is 17.5. The minimum atomic E-state index is 1.15. The van der Waals surface area contributed by atoms with Crippen molar-refractivity contribution in [2.24, 2.45) is 0 Å². The molecule has 0 spiro atoms. The maximum absolute atomic E-state index is 2.46. The van der Waals surface area contributed by atoms with Gasteiger partial charge >= 0.3 is 0 Å². The molecule has 0 amide bonds. The van der Waals surface area contributed by atoms with Crippen LogP contribution in [0.4, 0.5) is 0 Å². The molecule has 0 fully saturated rings. The highest BCUT2D eigenvalue weighted by atomic mass is 15.0. The van der Waals surface area contributed by atoms with Crippen LogP contribution in [0.3, 0.4) is 0 Å². The van der Waals surface area contributed by atoms with Crippen LogP contribution < -0.4 is 0 Å². The lowest BCUT2D eigenvalue weighted by Crippen LogP contribution is -1.96. The third kappa shape index (κ3) is 4.06. The van der Waals surface area contributed by atoms with Crippen LogP contribution in [-0.4, -0.2) is 13.7 Å². The molecular formula is C48H31N3. The van der Waals surface area contributed by atoms with E-state index in [-0.39, 0.29) is 0 Å². The number of rotatable bonds is 4. The third-order valence-electron chi connectivity index (χ3n) is 10.6. The second-order valence-corrected chi connectivity index (χ2v) is 13.4. The minimum absolute atomic E-state index is 1.15. The van der Waals surface area contributed by atoms with Gasteiger partial charge in [0.15, 0.2) is 0 Å². The summed E-state index contributed by atoms with van der Waals surface area (Å²) in [5.74, 6) is 0. The predicted octanol–water partition coefficient (Wildman–Crippen LogP) is 12.6. The first kappa shape index (κ1) is 28.0. The van der Waals surface area contributed by atoms with Gasteiger partial charge in [-0.15, -0.1) is 0 Å². The molecule has 0 unspecified atom stereocenters. The highest BCUT2D eigenvalue weighted by Crippen LogP contribution is 2.43. The lowest BCUT2D eigenvalue weighted by atomic mass is 10.1. The molecule has 0 saturated carbocycles. The summed E-state index contributed by atoms with van der Waals surface area (Å²) in [6, 6.07) is 68.3. The molecule has 0 aliphatic heterocycles. The molecule has 0 radical (unpaired) electrons. The Kier molecular flexibility index (Phi) is 5.96. The summed E-state index contributed by atoms with van der Waals surface area (Å²) in [5, 5.41) is 7.59. The van der Waals surface area contributed by atoms with Gasteiger partial charge in [-0.1, -0.05) is 115 Å². The Balaban J connectivity index is 1.16. The molecule has 11 aromatic rings. The SMILES string of the molecule is c1ccc(-c2ccc(-n3c4ccccc4c4cc(-n5c6ccccc6c6c7c8ccccc8n(-c8ccccc8)c7ccc65)ccc43)cc2)cc1. The molecule has 11 rings (SSSR count). The molecule has 3 nitrogen and oxygen atoms in total. The second kappa shape index (κ2) is 10.8. The van der Waals surface area contributed by atoms with Crippen molar-refractivity contribution in [3.63, 3.8) is 0 Å². The van der Waals surface area contributed by atoms with E-state index in [4.69, 9.17) is 0 Å². The van der Waals surface area contributed by atoms with Gasteiger partial charge in [0, 0.05) is 49.4 Å². The summed E-state index contributed by atoms with van der Waals surface area (Å²) in [6.45, 7) is 0.